The van der Waals surface area contributed by atoms with Crippen LogP contribution in [0.1, 0.15) is 22.5 Å². The van der Waals surface area contributed by atoms with E-state index in [0.29, 0.717) is 13.2 Å². The second-order valence-electron chi connectivity index (χ2n) is 4.36. The number of ether oxygens (including phenoxy) is 1. The molecular formula is C14H18N2O2. The summed E-state index contributed by atoms with van der Waals surface area (Å²) in [5, 5.41) is 3.65. The molecule has 96 valence electrons. The van der Waals surface area contributed by atoms with Crippen LogP contribution in [0, 0.1) is 13.8 Å². The van der Waals surface area contributed by atoms with Gasteiger partial charge in [-0.25, -0.2) is 0 Å². The lowest BCUT2D eigenvalue weighted by atomic mass is 10.0. The first-order valence-corrected chi connectivity index (χ1v) is 6.03. The van der Waals surface area contributed by atoms with Crippen molar-refractivity contribution in [1.82, 2.24) is 5.16 Å². The van der Waals surface area contributed by atoms with Gasteiger partial charge in [-0.2, -0.15) is 0 Å². The Morgan fingerprint density at radius 1 is 1.28 bits per heavy atom. The van der Waals surface area contributed by atoms with E-state index in [1.807, 2.05) is 13.8 Å². The van der Waals surface area contributed by atoms with Gasteiger partial charge in [-0.15, -0.1) is 0 Å². The van der Waals surface area contributed by atoms with E-state index >= 15 is 0 Å². The molecule has 4 heteroatoms. The fourth-order valence-corrected chi connectivity index (χ4v) is 2.04. The zero-order valence-electron chi connectivity index (χ0n) is 10.8. The average molecular weight is 246 g/mol. The molecule has 0 unspecified atom stereocenters. The van der Waals surface area contributed by atoms with Gasteiger partial charge in [0.25, 0.3) is 0 Å². The molecule has 1 heterocycles. The van der Waals surface area contributed by atoms with Gasteiger partial charge in [-0.05, 0) is 43.5 Å². The standard InChI is InChI=1S/C14H18N2O2/c1-10-7-12(3-5-15)8-11(2)14(10)17-9-13-4-6-16-18-13/h4,6-8H,3,5,9,15H2,1-2H3. The van der Waals surface area contributed by atoms with Gasteiger partial charge in [0, 0.05) is 6.07 Å². The minimum absolute atomic E-state index is 0.401. The first kappa shape index (κ1) is 12.6. The number of aryl methyl sites for hydroxylation is 2. The minimum Gasteiger partial charge on any atom is -0.485 e. The van der Waals surface area contributed by atoms with Crippen molar-refractivity contribution in [2.24, 2.45) is 5.73 Å². The summed E-state index contributed by atoms with van der Waals surface area (Å²) in [5.74, 6) is 1.63. The van der Waals surface area contributed by atoms with E-state index in [1.54, 1.807) is 12.3 Å². The molecule has 0 aliphatic carbocycles. The molecule has 2 rings (SSSR count). The first-order chi connectivity index (χ1) is 8.70. The highest BCUT2D eigenvalue weighted by Crippen LogP contribution is 2.25. The summed E-state index contributed by atoms with van der Waals surface area (Å²) in [7, 11) is 0. The Morgan fingerprint density at radius 3 is 2.56 bits per heavy atom. The van der Waals surface area contributed by atoms with Crippen molar-refractivity contribution in [1.29, 1.82) is 0 Å². The predicted octanol–water partition coefficient (Wildman–Crippen LogP) is 2.37. The SMILES string of the molecule is Cc1cc(CCN)cc(C)c1OCc1ccno1. The van der Waals surface area contributed by atoms with Crippen LogP contribution in [0.15, 0.2) is 28.9 Å². The lowest BCUT2D eigenvalue weighted by molar-refractivity contribution is 0.246. The maximum Gasteiger partial charge on any atom is 0.174 e. The zero-order valence-corrected chi connectivity index (χ0v) is 10.8. The fraction of sp³-hybridized carbons (Fsp3) is 0.357. The van der Waals surface area contributed by atoms with Crippen LogP contribution in [0.4, 0.5) is 0 Å². The number of hydrogen-bond acceptors (Lipinski definition) is 4. The third kappa shape index (κ3) is 2.90. The summed E-state index contributed by atoms with van der Waals surface area (Å²) in [6.45, 7) is 5.15. The lowest BCUT2D eigenvalue weighted by Crippen LogP contribution is -2.04. The van der Waals surface area contributed by atoms with E-state index in [1.165, 1.54) is 5.56 Å². The maximum atomic E-state index is 5.78. The molecule has 0 atom stereocenters. The number of benzene rings is 1. The molecule has 0 saturated carbocycles. The topological polar surface area (TPSA) is 61.3 Å². The van der Waals surface area contributed by atoms with Crippen LogP contribution in [0.25, 0.3) is 0 Å². The van der Waals surface area contributed by atoms with Crippen molar-refractivity contribution < 1.29 is 9.26 Å². The number of nitrogens with zero attached hydrogens (tertiary/aromatic N) is 1. The average Bonchev–Trinajstić information content (AvgIpc) is 2.81. The number of nitrogens with two attached hydrogens (primary N) is 1. The lowest BCUT2D eigenvalue weighted by Gasteiger charge is -2.13. The van der Waals surface area contributed by atoms with Crippen molar-refractivity contribution in [3.63, 3.8) is 0 Å². The molecule has 1 aromatic heterocycles. The smallest absolute Gasteiger partial charge is 0.174 e. The van der Waals surface area contributed by atoms with Gasteiger partial charge in [-0.1, -0.05) is 17.3 Å². The number of aromatic nitrogens is 1. The quantitative estimate of drug-likeness (QED) is 0.879. The first-order valence-electron chi connectivity index (χ1n) is 6.03. The molecule has 1 aromatic carbocycles. The highest BCUT2D eigenvalue weighted by molar-refractivity contribution is 5.43. The third-order valence-electron chi connectivity index (χ3n) is 2.80. The molecule has 0 saturated heterocycles. The molecule has 18 heavy (non-hydrogen) atoms. The van der Waals surface area contributed by atoms with Gasteiger partial charge in [0.05, 0.1) is 6.20 Å². The van der Waals surface area contributed by atoms with Gasteiger partial charge in [0.15, 0.2) is 5.76 Å². The molecule has 4 nitrogen and oxygen atoms in total. The Bertz CT molecular complexity index is 484. The van der Waals surface area contributed by atoms with Crippen LogP contribution in [0.5, 0.6) is 5.75 Å². The largest absolute Gasteiger partial charge is 0.485 e. The van der Waals surface area contributed by atoms with Crippen molar-refractivity contribution in [2.75, 3.05) is 6.54 Å². The Labute approximate surface area is 107 Å². The molecule has 0 fully saturated rings. The monoisotopic (exact) mass is 246 g/mol. The number of hydrogen-bond donors (Lipinski definition) is 1. The van der Waals surface area contributed by atoms with Crippen molar-refractivity contribution in [3.8, 4) is 5.75 Å². The van der Waals surface area contributed by atoms with Crippen LogP contribution in [-0.4, -0.2) is 11.7 Å². The summed E-state index contributed by atoms with van der Waals surface area (Å²) < 4.78 is 10.8. The molecule has 0 aliphatic heterocycles. The molecule has 0 spiro atoms. The summed E-state index contributed by atoms with van der Waals surface area (Å²) in [6, 6.07) is 6.04. The summed E-state index contributed by atoms with van der Waals surface area (Å²) in [6.07, 6.45) is 2.51. The maximum absolute atomic E-state index is 5.78. The predicted molar refractivity (Wildman–Crippen MR) is 69.5 cm³/mol. The van der Waals surface area contributed by atoms with Gasteiger partial charge in [0.2, 0.25) is 0 Å². The van der Waals surface area contributed by atoms with Crippen LogP contribution in [-0.2, 0) is 13.0 Å². The van der Waals surface area contributed by atoms with Gasteiger partial charge >= 0.3 is 0 Å². The van der Waals surface area contributed by atoms with Crippen molar-refractivity contribution in [2.45, 2.75) is 26.9 Å². The zero-order chi connectivity index (χ0) is 13.0. The van der Waals surface area contributed by atoms with Crippen LogP contribution in [0.3, 0.4) is 0 Å². The van der Waals surface area contributed by atoms with E-state index in [0.717, 1.165) is 29.1 Å². The van der Waals surface area contributed by atoms with E-state index in [9.17, 15) is 0 Å². The molecule has 0 radical (unpaired) electrons. The van der Waals surface area contributed by atoms with Gasteiger partial charge in [-0.3, -0.25) is 0 Å². The van der Waals surface area contributed by atoms with E-state index in [-0.39, 0.29) is 0 Å². The second-order valence-corrected chi connectivity index (χ2v) is 4.36. The van der Waals surface area contributed by atoms with Gasteiger partial charge in [0.1, 0.15) is 12.4 Å². The minimum atomic E-state index is 0.401. The number of rotatable bonds is 5. The van der Waals surface area contributed by atoms with Crippen molar-refractivity contribution in [3.05, 3.63) is 46.8 Å². The van der Waals surface area contributed by atoms with E-state index in [4.69, 9.17) is 15.0 Å². The van der Waals surface area contributed by atoms with Crippen LogP contribution in [0.2, 0.25) is 0 Å². The normalized spacial score (nSPS) is 10.6. The summed E-state index contributed by atoms with van der Waals surface area (Å²) in [4.78, 5) is 0. The van der Waals surface area contributed by atoms with E-state index in [2.05, 4.69) is 17.3 Å². The van der Waals surface area contributed by atoms with Crippen molar-refractivity contribution >= 4 is 0 Å². The third-order valence-corrected chi connectivity index (χ3v) is 2.80. The highest BCUT2D eigenvalue weighted by Gasteiger charge is 2.07. The molecule has 0 aliphatic rings. The Hall–Kier alpha value is -1.81. The summed E-state index contributed by atoms with van der Waals surface area (Å²) in [5.41, 5.74) is 9.07. The second kappa shape index (κ2) is 5.69. The highest BCUT2D eigenvalue weighted by atomic mass is 16.5. The molecule has 2 N–H and O–H groups in total. The summed E-state index contributed by atoms with van der Waals surface area (Å²) >= 11 is 0. The Balaban J connectivity index is 2.12. The molecule has 0 bridgehead atoms. The Kier molecular flexibility index (Phi) is 3.99. The molecule has 0 amide bonds. The van der Waals surface area contributed by atoms with Crippen LogP contribution < -0.4 is 10.5 Å². The van der Waals surface area contributed by atoms with Gasteiger partial charge < -0.3 is 15.0 Å². The van der Waals surface area contributed by atoms with E-state index < -0.39 is 0 Å². The fourth-order valence-electron chi connectivity index (χ4n) is 2.04. The Morgan fingerprint density at radius 2 is 2.00 bits per heavy atom. The molecular weight excluding hydrogens is 228 g/mol. The molecule has 2 aromatic rings. The van der Waals surface area contributed by atoms with Crippen LogP contribution >= 0.6 is 0 Å².